The van der Waals surface area contributed by atoms with Gasteiger partial charge >= 0.3 is 17.9 Å². The van der Waals surface area contributed by atoms with Crippen molar-refractivity contribution in [3.8, 4) is 11.5 Å². The molecule has 0 unspecified atom stereocenters. The second-order valence-corrected chi connectivity index (χ2v) is 6.48. The van der Waals surface area contributed by atoms with Crippen molar-refractivity contribution < 1.29 is 28.6 Å². The summed E-state index contributed by atoms with van der Waals surface area (Å²) >= 11 is 0. The maximum absolute atomic E-state index is 12.2. The highest BCUT2D eigenvalue weighted by molar-refractivity contribution is 5.96. The molecule has 3 aromatic rings. The lowest BCUT2D eigenvalue weighted by molar-refractivity contribution is -0.130. The molecule has 6 heteroatoms. The summed E-state index contributed by atoms with van der Waals surface area (Å²) in [5.74, 6) is -1.95. The third-order valence-electron chi connectivity index (χ3n) is 4.21. The summed E-state index contributed by atoms with van der Waals surface area (Å²) in [4.78, 5) is 36.4. The van der Waals surface area contributed by atoms with E-state index in [9.17, 15) is 14.4 Å². The summed E-state index contributed by atoms with van der Waals surface area (Å²) in [6.45, 7) is 0. The molecule has 0 heterocycles. The van der Waals surface area contributed by atoms with Crippen molar-refractivity contribution in [1.29, 1.82) is 0 Å². The van der Waals surface area contributed by atoms with Crippen LogP contribution in [0.2, 0.25) is 0 Å². The Morgan fingerprint density at radius 3 is 1.75 bits per heavy atom. The number of rotatable bonds is 7. The van der Waals surface area contributed by atoms with E-state index in [1.54, 1.807) is 12.2 Å². The summed E-state index contributed by atoms with van der Waals surface area (Å²) < 4.78 is 15.3. The molecule has 0 saturated carbocycles. The Hall–Kier alpha value is -4.45. The van der Waals surface area contributed by atoms with Gasteiger partial charge in [-0.3, -0.25) is 0 Å². The lowest BCUT2D eigenvalue weighted by Crippen LogP contribution is -2.11. The summed E-state index contributed by atoms with van der Waals surface area (Å²) in [7, 11) is 1.20. The van der Waals surface area contributed by atoms with E-state index in [0.29, 0.717) is 0 Å². The molecule has 0 N–H and O–H groups in total. The van der Waals surface area contributed by atoms with Crippen LogP contribution in [0.4, 0.5) is 0 Å². The van der Waals surface area contributed by atoms with Gasteiger partial charge in [0.25, 0.3) is 0 Å². The number of carbonyl (C=O) groups excluding carboxylic acids is 3. The first-order chi connectivity index (χ1) is 15.5. The topological polar surface area (TPSA) is 78.9 Å². The van der Waals surface area contributed by atoms with Crippen LogP contribution in [0.15, 0.2) is 91.0 Å². The molecular weight excluding hydrogens is 408 g/mol. The van der Waals surface area contributed by atoms with E-state index < -0.39 is 17.9 Å². The first-order valence-electron chi connectivity index (χ1n) is 9.67. The number of carbonyl (C=O) groups is 3. The Morgan fingerprint density at radius 1 is 0.688 bits per heavy atom. The normalized spacial score (nSPS) is 10.8. The molecule has 0 atom stereocenters. The molecule has 0 aliphatic carbocycles. The quantitative estimate of drug-likeness (QED) is 0.308. The van der Waals surface area contributed by atoms with Crippen molar-refractivity contribution in [3.05, 3.63) is 108 Å². The van der Waals surface area contributed by atoms with Crippen LogP contribution in [-0.4, -0.2) is 25.0 Å². The fourth-order valence-corrected chi connectivity index (χ4v) is 2.68. The second kappa shape index (κ2) is 11.1. The number of ether oxygens (including phenoxy) is 3. The van der Waals surface area contributed by atoms with E-state index in [4.69, 9.17) is 14.2 Å². The monoisotopic (exact) mass is 428 g/mol. The number of benzene rings is 3. The van der Waals surface area contributed by atoms with Gasteiger partial charge in [-0.1, -0.05) is 60.7 Å². The molecule has 3 aromatic carbocycles. The Bertz CT molecular complexity index is 1150. The van der Waals surface area contributed by atoms with Crippen molar-refractivity contribution >= 4 is 30.1 Å². The van der Waals surface area contributed by atoms with Gasteiger partial charge in [0, 0.05) is 12.2 Å². The fraction of sp³-hybridized carbons (Fsp3) is 0.0385. The minimum absolute atomic E-state index is 0.0146. The van der Waals surface area contributed by atoms with Gasteiger partial charge in [0.2, 0.25) is 0 Å². The minimum Gasteiger partial charge on any atom is -0.465 e. The molecule has 0 radical (unpaired) electrons. The van der Waals surface area contributed by atoms with E-state index in [2.05, 4.69) is 0 Å². The lowest BCUT2D eigenvalue weighted by atomic mass is 10.2. The van der Waals surface area contributed by atoms with Gasteiger partial charge in [-0.15, -0.1) is 0 Å². The predicted octanol–water partition coefficient (Wildman–Crippen LogP) is 4.71. The van der Waals surface area contributed by atoms with E-state index in [0.717, 1.165) is 11.1 Å². The third kappa shape index (κ3) is 6.53. The van der Waals surface area contributed by atoms with Crippen molar-refractivity contribution in [2.75, 3.05) is 7.11 Å². The van der Waals surface area contributed by atoms with Crippen LogP contribution in [0.3, 0.4) is 0 Å². The highest BCUT2D eigenvalue weighted by Gasteiger charge is 2.17. The molecule has 0 amide bonds. The maximum atomic E-state index is 12.2. The Morgan fingerprint density at radius 2 is 1.22 bits per heavy atom. The zero-order chi connectivity index (χ0) is 22.8. The molecule has 0 aliphatic rings. The summed E-state index contributed by atoms with van der Waals surface area (Å²) in [6.07, 6.45) is 5.72. The first-order valence-corrected chi connectivity index (χ1v) is 9.67. The molecule has 160 valence electrons. The summed E-state index contributed by atoms with van der Waals surface area (Å²) in [5.41, 5.74) is 1.61. The molecule has 32 heavy (non-hydrogen) atoms. The smallest absolute Gasteiger partial charge is 0.341 e. The second-order valence-electron chi connectivity index (χ2n) is 6.48. The van der Waals surface area contributed by atoms with Crippen LogP contribution in [-0.2, 0) is 14.3 Å². The zero-order valence-electron chi connectivity index (χ0n) is 17.3. The van der Waals surface area contributed by atoms with Crippen LogP contribution in [0.25, 0.3) is 12.2 Å². The Labute approximate surface area is 185 Å². The van der Waals surface area contributed by atoms with Gasteiger partial charge in [-0.2, -0.15) is 0 Å². The molecular formula is C26H20O6. The minimum atomic E-state index is -0.738. The Kier molecular flexibility index (Phi) is 7.70. The van der Waals surface area contributed by atoms with E-state index in [1.165, 1.54) is 37.5 Å². The van der Waals surface area contributed by atoms with Gasteiger partial charge in [0.1, 0.15) is 17.1 Å². The van der Waals surface area contributed by atoms with E-state index in [-0.39, 0.29) is 17.1 Å². The number of esters is 3. The van der Waals surface area contributed by atoms with Gasteiger partial charge in [-0.25, -0.2) is 14.4 Å². The van der Waals surface area contributed by atoms with Crippen LogP contribution < -0.4 is 9.47 Å². The van der Waals surface area contributed by atoms with Gasteiger partial charge < -0.3 is 14.2 Å². The molecule has 3 rings (SSSR count). The van der Waals surface area contributed by atoms with Gasteiger partial charge in [-0.05, 0) is 41.5 Å². The van der Waals surface area contributed by atoms with Crippen molar-refractivity contribution in [1.82, 2.24) is 0 Å². The SMILES string of the molecule is COC(=O)c1cc(OC(=O)/C=C/c2ccccc2)ccc1OC(=O)/C=C/c1ccccc1. The molecule has 0 saturated heterocycles. The highest BCUT2D eigenvalue weighted by Crippen LogP contribution is 2.26. The first kappa shape index (κ1) is 22.2. The molecule has 0 bridgehead atoms. The number of methoxy groups -OCH3 is 1. The van der Waals surface area contributed by atoms with Crippen LogP contribution in [0, 0.1) is 0 Å². The largest absolute Gasteiger partial charge is 0.465 e. The van der Waals surface area contributed by atoms with Crippen LogP contribution >= 0.6 is 0 Å². The fourth-order valence-electron chi connectivity index (χ4n) is 2.68. The number of hydrogen-bond donors (Lipinski definition) is 0. The van der Waals surface area contributed by atoms with Crippen LogP contribution in [0.5, 0.6) is 11.5 Å². The lowest BCUT2D eigenvalue weighted by Gasteiger charge is -2.09. The van der Waals surface area contributed by atoms with Crippen molar-refractivity contribution in [2.45, 2.75) is 0 Å². The third-order valence-corrected chi connectivity index (χ3v) is 4.21. The van der Waals surface area contributed by atoms with Crippen molar-refractivity contribution in [2.24, 2.45) is 0 Å². The molecule has 0 fully saturated rings. The maximum Gasteiger partial charge on any atom is 0.341 e. The average Bonchev–Trinajstić information content (AvgIpc) is 2.83. The average molecular weight is 428 g/mol. The highest BCUT2D eigenvalue weighted by atomic mass is 16.5. The van der Waals surface area contributed by atoms with Gasteiger partial charge in [0.05, 0.1) is 7.11 Å². The summed E-state index contributed by atoms with van der Waals surface area (Å²) in [5, 5.41) is 0. The number of hydrogen-bond acceptors (Lipinski definition) is 6. The Balaban J connectivity index is 1.71. The molecule has 0 aliphatic heterocycles. The van der Waals surface area contributed by atoms with E-state index >= 15 is 0 Å². The predicted molar refractivity (Wildman–Crippen MR) is 120 cm³/mol. The molecule has 6 nitrogen and oxygen atoms in total. The van der Waals surface area contributed by atoms with Crippen LogP contribution in [0.1, 0.15) is 21.5 Å². The zero-order valence-corrected chi connectivity index (χ0v) is 17.3. The van der Waals surface area contributed by atoms with Gasteiger partial charge in [0.15, 0.2) is 0 Å². The van der Waals surface area contributed by atoms with Crippen molar-refractivity contribution in [3.63, 3.8) is 0 Å². The molecule has 0 spiro atoms. The standard InChI is InChI=1S/C26H20O6/c1-30-26(29)22-18-21(31-24(27)16-12-19-8-4-2-5-9-19)14-15-23(22)32-25(28)17-13-20-10-6-3-7-11-20/h2-18H,1H3/b16-12+,17-13+. The molecule has 0 aromatic heterocycles. The summed E-state index contributed by atoms with van der Waals surface area (Å²) in [6, 6.07) is 22.5. The van der Waals surface area contributed by atoms with E-state index in [1.807, 2.05) is 60.7 Å².